The number of fused-ring (bicyclic) bond motifs is 6. The lowest BCUT2D eigenvalue weighted by atomic mass is 10.1. The van der Waals surface area contributed by atoms with Gasteiger partial charge in [0.1, 0.15) is 0 Å². The van der Waals surface area contributed by atoms with Crippen molar-refractivity contribution in [2.45, 2.75) is 0 Å². The predicted molar refractivity (Wildman–Crippen MR) is 179 cm³/mol. The van der Waals surface area contributed by atoms with Gasteiger partial charge in [-0.25, -0.2) is 4.98 Å². The molecule has 0 aliphatic rings. The molecule has 0 fully saturated rings. The minimum absolute atomic E-state index is 0.490. The second-order valence-corrected chi connectivity index (χ2v) is 10.9. The molecule has 6 aromatic carbocycles. The first kappa shape index (κ1) is 23.5. The molecule has 0 atom stereocenters. The molecule has 206 valence electrons. The van der Waals surface area contributed by atoms with E-state index in [2.05, 4.69) is 69.8 Å². The summed E-state index contributed by atoms with van der Waals surface area (Å²) in [5.74, 6) is 1.80. The van der Waals surface area contributed by atoms with Crippen molar-refractivity contribution in [2.75, 3.05) is 0 Å². The Morgan fingerprint density at radius 2 is 0.932 bits per heavy atom. The van der Waals surface area contributed by atoms with Gasteiger partial charge < -0.3 is 4.57 Å². The highest BCUT2D eigenvalue weighted by molar-refractivity contribution is 6.19. The van der Waals surface area contributed by atoms with Gasteiger partial charge in [0.15, 0.2) is 11.6 Å². The zero-order valence-corrected chi connectivity index (χ0v) is 23.6. The summed E-state index contributed by atoms with van der Waals surface area (Å²) in [6.07, 6.45) is 0. The number of hydrogen-bond acceptors (Lipinski definition) is 3. The Hall–Kier alpha value is -6.07. The highest BCUT2D eigenvalue weighted by Gasteiger charge is 2.20. The van der Waals surface area contributed by atoms with Crippen LogP contribution in [0.4, 0.5) is 0 Å². The number of para-hydroxylation sites is 3. The lowest BCUT2D eigenvalue weighted by Gasteiger charge is -2.11. The van der Waals surface area contributed by atoms with E-state index in [-0.39, 0.29) is 0 Å². The molecule has 0 saturated carbocycles. The van der Waals surface area contributed by atoms with E-state index < -0.39 is 0 Å². The molecule has 44 heavy (non-hydrogen) atoms. The van der Waals surface area contributed by atoms with E-state index >= 15 is 0 Å². The molecule has 0 unspecified atom stereocenters. The van der Waals surface area contributed by atoms with Crippen LogP contribution in [0.15, 0.2) is 152 Å². The molecule has 5 heteroatoms. The molecule has 3 heterocycles. The van der Waals surface area contributed by atoms with Gasteiger partial charge in [0.25, 0.3) is 0 Å². The molecule has 0 N–H and O–H groups in total. The Kier molecular flexibility index (Phi) is 5.20. The van der Waals surface area contributed by atoms with Gasteiger partial charge in [0.05, 0.1) is 23.4 Å². The molecule has 0 aliphatic heterocycles. The van der Waals surface area contributed by atoms with Gasteiger partial charge in [-0.1, -0.05) is 115 Å². The van der Waals surface area contributed by atoms with Crippen LogP contribution >= 0.6 is 0 Å². The zero-order valence-electron chi connectivity index (χ0n) is 24.6. The largest absolute Gasteiger partial charge is 0.309 e. The monoisotopic (exact) mass is 564 g/mol. The summed E-state index contributed by atoms with van der Waals surface area (Å²) in [6.45, 7) is 0. The van der Waals surface area contributed by atoms with Crippen LogP contribution in [0, 0.1) is 0 Å². The number of hydrogen-bond donors (Lipinski definition) is 0. The zero-order chi connectivity index (χ0) is 29.9. The van der Waals surface area contributed by atoms with Crippen molar-refractivity contribution < 1.29 is 1.37 Å². The summed E-state index contributed by atoms with van der Waals surface area (Å²) >= 11 is 0. The summed E-state index contributed by atoms with van der Waals surface area (Å²) in [4.78, 5) is 15.1. The maximum absolute atomic E-state index is 8.42. The van der Waals surface area contributed by atoms with Crippen LogP contribution in [0.1, 0.15) is 1.37 Å². The maximum atomic E-state index is 8.42. The molecular formula is C39H25N5. The number of rotatable bonds is 4. The Morgan fingerprint density at radius 1 is 0.409 bits per heavy atom. The van der Waals surface area contributed by atoms with E-state index in [9.17, 15) is 0 Å². The van der Waals surface area contributed by atoms with Gasteiger partial charge in [-0.05, 0) is 36.4 Å². The SMILES string of the molecule is [2H]c1ccc2c(c1)c1cc3c4ccccc4n(-c4nc(-c5ccccc5)nc(-c5ccccc5)n4)c3cc1n2-c1ccccc1. The second kappa shape index (κ2) is 9.75. The smallest absolute Gasteiger partial charge is 0.238 e. The van der Waals surface area contributed by atoms with Crippen molar-refractivity contribution in [1.29, 1.82) is 0 Å². The fourth-order valence-electron chi connectivity index (χ4n) is 6.34. The van der Waals surface area contributed by atoms with Crippen molar-refractivity contribution in [2.24, 2.45) is 0 Å². The van der Waals surface area contributed by atoms with Crippen molar-refractivity contribution >= 4 is 43.6 Å². The summed E-state index contributed by atoms with van der Waals surface area (Å²) in [7, 11) is 0. The number of benzene rings is 6. The van der Waals surface area contributed by atoms with Crippen molar-refractivity contribution in [3.8, 4) is 34.4 Å². The molecule has 5 nitrogen and oxygen atoms in total. The predicted octanol–water partition coefficient (Wildman–Crippen LogP) is 9.40. The molecule has 9 rings (SSSR count). The first-order valence-corrected chi connectivity index (χ1v) is 14.6. The van der Waals surface area contributed by atoms with E-state index in [4.69, 9.17) is 16.3 Å². The van der Waals surface area contributed by atoms with Gasteiger partial charge >= 0.3 is 0 Å². The molecule has 0 radical (unpaired) electrons. The minimum Gasteiger partial charge on any atom is -0.309 e. The lowest BCUT2D eigenvalue weighted by molar-refractivity contribution is 0.953. The van der Waals surface area contributed by atoms with E-state index in [1.807, 2.05) is 84.9 Å². The summed E-state index contributed by atoms with van der Waals surface area (Å²) < 4.78 is 12.9. The first-order valence-electron chi connectivity index (χ1n) is 15.1. The molecule has 3 aromatic heterocycles. The average molecular weight is 565 g/mol. The summed E-state index contributed by atoms with van der Waals surface area (Å²) in [5.41, 5.74) is 7.05. The normalized spacial score (nSPS) is 12.0. The van der Waals surface area contributed by atoms with Crippen LogP contribution in [-0.4, -0.2) is 24.1 Å². The summed E-state index contributed by atoms with van der Waals surface area (Å²) in [5, 5.41) is 4.37. The van der Waals surface area contributed by atoms with Crippen LogP contribution < -0.4 is 0 Å². The van der Waals surface area contributed by atoms with Crippen LogP contribution in [0.3, 0.4) is 0 Å². The minimum atomic E-state index is 0.490. The quantitative estimate of drug-likeness (QED) is 0.214. The Bertz CT molecular complexity index is 2480. The molecule has 0 saturated heterocycles. The van der Waals surface area contributed by atoms with Crippen LogP contribution in [0.5, 0.6) is 0 Å². The lowest BCUT2D eigenvalue weighted by Crippen LogP contribution is -2.06. The third kappa shape index (κ3) is 3.76. The number of nitrogens with zero attached hydrogens (tertiary/aromatic N) is 5. The molecule has 0 bridgehead atoms. The van der Waals surface area contributed by atoms with Gasteiger partial charge in [0.2, 0.25) is 5.95 Å². The van der Waals surface area contributed by atoms with Crippen LogP contribution in [0.2, 0.25) is 0 Å². The van der Waals surface area contributed by atoms with Crippen LogP contribution in [0.25, 0.3) is 78.0 Å². The summed E-state index contributed by atoms with van der Waals surface area (Å²) in [6, 6.07) is 49.8. The second-order valence-electron chi connectivity index (χ2n) is 10.9. The highest BCUT2D eigenvalue weighted by atomic mass is 15.2. The molecule has 9 aromatic rings. The van der Waals surface area contributed by atoms with Gasteiger partial charge in [0, 0.05) is 38.4 Å². The van der Waals surface area contributed by atoms with Crippen molar-refractivity contribution in [3.63, 3.8) is 0 Å². The van der Waals surface area contributed by atoms with Gasteiger partial charge in [-0.15, -0.1) is 0 Å². The topological polar surface area (TPSA) is 48.5 Å². The van der Waals surface area contributed by atoms with Crippen molar-refractivity contribution in [3.05, 3.63) is 152 Å². The standard InChI is InChI=1S/C39H25N5/c1-4-14-26(15-5-1)37-40-38(27-16-6-2-7-17-27)42-39(41-37)44-34-23-13-11-21-30(34)32-24-31-29-20-10-12-22-33(29)43(35(31)25-36(32)44)28-18-8-3-9-19-28/h1-25H/i10D. The third-order valence-corrected chi connectivity index (χ3v) is 8.31. The average Bonchev–Trinajstić information content (AvgIpc) is 3.60. The van der Waals surface area contributed by atoms with Crippen LogP contribution in [-0.2, 0) is 0 Å². The molecule has 0 spiro atoms. The van der Waals surface area contributed by atoms with E-state index in [1.54, 1.807) is 0 Å². The Labute approximate surface area is 254 Å². The fraction of sp³-hybridized carbons (Fsp3) is 0. The highest BCUT2D eigenvalue weighted by Crippen LogP contribution is 2.39. The van der Waals surface area contributed by atoms with E-state index in [0.717, 1.165) is 60.4 Å². The Morgan fingerprint density at radius 3 is 1.61 bits per heavy atom. The fourth-order valence-corrected chi connectivity index (χ4v) is 6.34. The van der Waals surface area contributed by atoms with Gasteiger partial charge in [-0.2, -0.15) is 9.97 Å². The molecule has 0 aliphatic carbocycles. The first-order chi connectivity index (χ1) is 22.2. The van der Waals surface area contributed by atoms with Gasteiger partial charge in [-0.3, -0.25) is 4.57 Å². The number of aromatic nitrogens is 5. The van der Waals surface area contributed by atoms with E-state index in [1.165, 1.54) is 0 Å². The van der Waals surface area contributed by atoms with Crippen molar-refractivity contribution in [1.82, 2.24) is 24.1 Å². The molecule has 0 amide bonds. The third-order valence-electron chi connectivity index (χ3n) is 8.31. The Balaban J connectivity index is 1.41. The molecular weight excluding hydrogens is 538 g/mol. The maximum Gasteiger partial charge on any atom is 0.238 e. The van der Waals surface area contributed by atoms with E-state index in [0.29, 0.717) is 23.6 Å².